The van der Waals surface area contributed by atoms with E-state index in [0.717, 1.165) is 0 Å². The minimum Gasteiger partial charge on any atom is -0.318 e. The molecule has 0 aliphatic carbocycles. The zero-order valence-corrected chi connectivity index (χ0v) is 7.91. The molecule has 3 heteroatoms. The van der Waals surface area contributed by atoms with Crippen molar-refractivity contribution < 1.29 is 9.59 Å². The van der Waals surface area contributed by atoms with Crippen LogP contribution in [0.2, 0.25) is 0 Å². The van der Waals surface area contributed by atoms with Gasteiger partial charge in [-0.05, 0) is 19.1 Å². The van der Waals surface area contributed by atoms with Crippen molar-refractivity contribution in [1.82, 2.24) is 5.32 Å². The van der Waals surface area contributed by atoms with Gasteiger partial charge in [-0.3, -0.25) is 9.59 Å². The highest BCUT2D eigenvalue weighted by atomic mass is 16.2. The van der Waals surface area contributed by atoms with Crippen molar-refractivity contribution in [3.8, 4) is 0 Å². The number of amides is 1. The third-order valence-electron chi connectivity index (χ3n) is 1.73. The van der Waals surface area contributed by atoms with Crippen molar-refractivity contribution in [2.75, 3.05) is 0 Å². The summed E-state index contributed by atoms with van der Waals surface area (Å²) in [7, 11) is 0. The molecule has 14 heavy (non-hydrogen) atoms. The average Bonchev–Trinajstić information content (AvgIpc) is 2.43. The van der Waals surface area contributed by atoms with Gasteiger partial charge in [0.25, 0.3) is 11.7 Å². The Morgan fingerprint density at radius 1 is 1.29 bits per heavy atom. The Morgan fingerprint density at radius 2 is 2.00 bits per heavy atom. The molecule has 0 aromatic rings. The predicted molar refractivity (Wildman–Crippen MR) is 54.3 cm³/mol. The van der Waals surface area contributed by atoms with Gasteiger partial charge in [-0.1, -0.05) is 24.8 Å². The highest BCUT2D eigenvalue weighted by molar-refractivity contribution is 6.47. The van der Waals surface area contributed by atoms with Crippen molar-refractivity contribution >= 4 is 11.7 Å². The summed E-state index contributed by atoms with van der Waals surface area (Å²) in [6.45, 7) is 5.34. The number of carbonyl (C=O) groups excluding carboxylic acids is 2. The number of nitrogens with one attached hydrogen (secondary N) is 1. The lowest BCUT2D eigenvalue weighted by Gasteiger charge is -1.94. The molecular weight excluding hydrogens is 178 g/mol. The van der Waals surface area contributed by atoms with E-state index in [4.69, 9.17) is 0 Å². The maximum Gasteiger partial charge on any atom is 0.296 e. The molecule has 0 radical (unpaired) electrons. The summed E-state index contributed by atoms with van der Waals surface area (Å²) in [4.78, 5) is 22.3. The van der Waals surface area contributed by atoms with E-state index in [1.807, 2.05) is 13.0 Å². The van der Waals surface area contributed by atoms with E-state index in [1.54, 1.807) is 12.2 Å². The molecule has 1 aliphatic heterocycles. The van der Waals surface area contributed by atoms with Crippen LogP contribution in [0.3, 0.4) is 0 Å². The molecule has 1 rings (SSSR count). The van der Waals surface area contributed by atoms with Gasteiger partial charge in [-0.25, -0.2) is 0 Å². The van der Waals surface area contributed by atoms with Gasteiger partial charge in [0.2, 0.25) is 0 Å². The highest BCUT2D eigenvalue weighted by Gasteiger charge is 2.29. The molecule has 1 saturated heterocycles. The molecule has 1 amide bonds. The van der Waals surface area contributed by atoms with Gasteiger partial charge in [-0.2, -0.15) is 0 Å². The van der Waals surface area contributed by atoms with Gasteiger partial charge >= 0.3 is 0 Å². The normalized spacial score (nSPS) is 22.4. The first-order chi connectivity index (χ1) is 6.70. The van der Waals surface area contributed by atoms with Crippen molar-refractivity contribution in [2.45, 2.75) is 6.92 Å². The zero-order valence-electron chi connectivity index (χ0n) is 7.91. The fourth-order valence-corrected chi connectivity index (χ4v) is 1.10. The number of hydrogen-bond donors (Lipinski definition) is 1. The van der Waals surface area contributed by atoms with Crippen LogP contribution < -0.4 is 5.32 Å². The van der Waals surface area contributed by atoms with Gasteiger partial charge < -0.3 is 5.32 Å². The lowest BCUT2D eigenvalue weighted by atomic mass is 10.1. The minimum absolute atomic E-state index is 0.364. The molecule has 0 bridgehead atoms. The standard InChI is InChI=1S/C11H11NO2/c1-3-5-7-9-8(6-4-2)10(13)11(14)12-9/h3-7H,2H2,1H3,(H,12,14)/b5-3-,8-6+,9-7+. The highest BCUT2D eigenvalue weighted by Crippen LogP contribution is 2.15. The largest absolute Gasteiger partial charge is 0.318 e. The van der Waals surface area contributed by atoms with E-state index in [9.17, 15) is 9.59 Å². The van der Waals surface area contributed by atoms with Gasteiger partial charge in [0.15, 0.2) is 0 Å². The molecule has 0 unspecified atom stereocenters. The number of ketones is 1. The van der Waals surface area contributed by atoms with Crippen molar-refractivity contribution in [1.29, 1.82) is 0 Å². The summed E-state index contributed by atoms with van der Waals surface area (Å²) in [5, 5.41) is 2.48. The van der Waals surface area contributed by atoms with Crippen LogP contribution >= 0.6 is 0 Å². The molecule has 1 N–H and O–H groups in total. The third-order valence-corrected chi connectivity index (χ3v) is 1.73. The van der Waals surface area contributed by atoms with E-state index < -0.39 is 11.7 Å². The first kappa shape index (κ1) is 10.2. The SMILES string of the molecule is C=C/C=C1/C(=O)C(=O)N/C1=C/C=C\C. The Bertz CT molecular complexity index is 373. The van der Waals surface area contributed by atoms with E-state index in [0.29, 0.717) is 11.3 Å². The van der Waals surface area contributed by atoms with Crippen molar-refractivity contribution in [3.05, 3.63) is 48.2 Å². The second-order valence-electron chi connectivity index (χ2n) is 2.71. The molecule has 72 valence electrons. The van der Waals surface area contributed by atoms with Gasteiger partial charge in [0, 0.05) is 0 Å². The lowest BCUT2D eigenvalue weighted by Crippen LogP contribution is -2.17. The fraction of sp³-hybridized carbons (Fsp3) is 0.0909. The molecule has 1 aliphatic rings. The molecule has 0 aromatic heterocycles. The molecule has 0 spiro atoms. The summed E-state index contributed by atoms with van der Waals surface area (Å²) in [6, 6.07) is 0. The van der Waals surface area contributed by atoms with Crippen LogP contribution in [0.15, 0.2) is 48.2 Å². The molecule has 0 atom stereocenters. The second-order valence-corrected chi connectivity index (χ2v) is 2.71. The number of Topliss-reactive ketones (excluding diaryl/α,β-unsaturated/α-hetero) is 1. The van der Waals surface area contributed by atoms with Crippen LogP contribution in [-0.2, 0) is 9.59 Å². The second kappa shape index (κ2) is 4.37. The molecule has 1 fully saturated rings. The van der Waals surface area contributed by atoms with Gasteiger partial charge in [-0.15, -0.1) is 0 Å². The quantitative estimate of drug-likeness (QED) is 0.525. The molecule has 0 saturated carbocycles. The minimum atomic E-state index is -0.589. The Balaban J connectivity index is 3.09. The van der Waals surface area contributed by atoms with E-state index >= 15 is 0 Å². The predicted octanol–water partition coefficient (Wildman–Crippen LogP) is 1.26. The summed E-state index contributed by atoms with van der Waals surface area (Å²) in [5.74, 6) is -1.10. The Morgan fingerprint density at radius 3 is 2.57 bits per heavy atom. The summed E-state index contributed by atoms with van der Waals surface area (Å²) in [6.07, 6.45) is 8.25. The molecule has 1 heterocycles. The van der Waals surface area contributed by atoms with Crippen LogP contribution in [0.25, 0.3) is 0 Å². The number of rotatable bonds is 2. The smallest absolute Gasteiger partial charge is 0.296 e. The molecule has 0 aromatic carbocycles. The summed E-state index contributed by atoms with van der Waals surface area (Å²) in [5.41, 5.74) is 0.890. The number of allylic oxidation sites excluding steroid dienone is 6. The Kier molecular flexibility index (Phi) is 3.18. The average molecular weight is 189 g/mol. The van der Waals surface area contributed by atoms with Crippen LogP contribution in [-0.4, -0.2) is 11.7 Å². The number of hydrogen-bond acceptors (Lipinski definition) is 2. The van der Waals surface area contributed by atoms with Crippen LogP contribution in [0.4, 0.5) is 0 Å². The van der Waals surface area contributed by atoms with E-state index in [1.165, 1.54) is 12.2 Å². The maximum absolute atomic E-state index is 11.3. The van der Waals surface area contributed by atoms with Crippen molar-refractivity contribution in [3.63, 3.8) is 0 Å². The topological polar surface area (TPSA) is 46.2 Å². The monoisotopic (exact) mass is 189 g/mol. The Labute approximate surface area is 82.5 Å². The van der Waals surface area contributed by atoms with E-state index in [2.05, 4.69) is 11.9 Å². The molecule has 3 nitrogen and oxygen atoms in total. The first-order valence-electron chi connectivity index (χ1n) is 4.22. The first-order valence-corrected chi connectivity index (χ1v) is 4.22. The molecular formula is C11H11NO2. The zero-order chi connectivity index (χ0) is 10.6. The van der Waals surface area contributed by atoms with Gasteiger partial charge in [0.1, 0.15) is 0 Å². The van der Waals surface area contributed by atoms with Gasteiger partial charge in [0.05, 0.1) is 11.3 Å². The van der Waals surface area contributed by atoms with Crippen LogP contribution in [0.5, 0.6) is 0 Å². The van der Waals surface area contributed by atoms with Crippen molar-refractivity contribution in [2.24, 2.45) is 0 Å². The summed E-state index contributed by atoms with van der Waals surface area (Å²) < 4.78 is 0. The lowest BCUT2D eigenvalue weighted by molar-refractivity contribution is -0.133. The maximum atomic E-state index is 11.3. The summed E-state index contributed by atoms with van der Waals surface area (Å²) >= 11 is 0. The number of carbonyl (C=O) groups is 2. The third kappa shape index (κ3) is 1.88. The fourth-order valence-electron chi connectivity index (χ4n) is 1.10. The van der Waals surface area contributed by atoms with Crippen LogP contribution in [0.1, 0.15) is 6.92 Å². The van der Waals surface area contributed by atoms with Crippen LogP contribution in [0, 0.1) is 0 Å². The Hall–Kier alpha value is -1.90. The van der Waals surface area contributed by atoms with E-state index in [-0.39, 0.29) is 0 Å².